The van der Waals surface area contributed by atoms with Crippen LogP contribution in [0.2, 0.25) is 0 Å². The van der Waals surface area contributed by atoms with Gasteiger partial charge in [-0.2, -0.15) is 0 Å². The average Bonchev–Trinajstić information content (AvgIpc) is 2.32. The highest BCUT2D eigenvalue weighted by Gasteiger charge is 2.13. The van der Waals surface area contributed by atoms with Gasteiger partial charge in [-0.3, -0.25) is 4.79 Å². The zero-order valence-electron chi connectivity index (χ0n) is 7.42. The van der Waals surface area contributed by atoms with Crippen LogP contribution in [0.1, 0.15) is 6.42 Å². The highest BCUT2D eigenvalue weighted by molar-refractivity contribution is 5.99. The van der Waals surface area contributed by atoms with Crippen molar-refractivity contribution in [2.24, 2.45) is 0 Å². The van der Waals surface area contributed by atoms with Crippen molar-refractivity contribution in [1.29, 1.82) is 0 Å². The largest absolute Gasteiger partial charge is 0.466 e. The predicted octanol–water partition coefficient (Wildman–Crippen LogP) is -0.847. The van der Waals surface area contributed by atoms with E-state index in [1.165, 1.54) is 7.11 Å². The van der Waals surface area contributed by atoms with Gasteiger partial charge in [-0.05, 0) is 6.42 Å². The van der Waals surface area contributed by atoms with Gasteiger partial charge in [-0.1, -0.05) is 0 Å². The molecular weight excluding hydrogens is 172 g/mol. The molecule has 0 aromatic heterocycles. The second kappa shape index (κ2) is 4.49. The lowest BCUT2D eigenvalue weighted by Crippen LogP contribution is -2.28. The van der Waals surface area contributed by atoms with Gasteiger partial charge >= 0.3 is 5.97 Å². The summed E-state index contributed by atoms with van der Waals surface area (Å²) in [6.45, 7) is 1.31. The Morgan fingerprint density at radius 3 is 2.85 bits per heavy atom. The molecule has 1 aliphatic rings. The molecule has 0 bridgehead atoms. The highest BCUT2D eigenvalue weighted by atomic mass is 16.5. The van der Waals surface area contributed by atoms with E-state index in [2.05, 4.69) is 15.4 Å². The molecule has 5 heteroatoms. The van der Waals surface area contributed by atoms with Crippen molar-refractivity contribution >= 4 is 11.9 Å². The summed E-state index contributed by atoms with van der Waals surface area (Å²) in [5.74, 6) is -0.789. The number of esters is 1. The standard InChI is InChI=1S/C8H12N2O3/c1-13-7(11)5-6-8(12)10-4-2-3-9-6/h5,9H,2-4H2,1H3,(H,10,12)/b6-5+. The first-order valence-corrected chi connectivity index (χ1v) is 4.06. The summed E-state index contributed by atoms with van der Waals surface area (Å²) in [6, 6.07) is 0. The van der Waals surface area contributed by atoms with Gasteiger partial charge in [0.25, 0.3) is 5.91 Å². The summed E-state index contributed by atoms with van der Waals surface area (Å²) in [7, 11) is 1.27. The van der Waals surface area contributed by atoms with Crippen molar-refractivity contribution in [2.45, 2.75) is 6.42 Å². The Bertz CT molecular complexity index is 248. The minimum Gasteiger partial charge on any atom is -0.466 e. The number of nitrogens with one attached hydrogen (secondary N) is 2. The molecule has 0 saturated carbocycles. The van der Waals surface area contributed by atoms with Gasteiger partial charge in [-0.15, -0.1) is 0 Å². The molecule has 0 aliphatic carbocycles. The lowest BCUT2D eigenvalue weighted by atomic mass is 10.3. The molecule has 1 saturated heterocycles. The molecular formula is C8H12N2O3. The topological polar surface area (TPSA) is 67.4 Å². The quantitative estimate of drug-likeness (QED) is 0.411. The molecule has 1 aliphatic heterocycles. The fraction of sp³-hybridized carbons (Fsp3) is 0.500. The molecule has 1 fully saturated rings. The van der Waals surface area contributed by atoms with Crippen molar-refractivity contribution in [3.63, 3.8) is 0 Å². The van der Waals surface area contributed by atoms with Gasteiger partial charge in [0.1, 0.15) is 5.70 Å². The predicted molar refractivity (Wildman–Crippen MR) is 45.7 cm³/mol. The van der Waals surface area contributed by atoms with E-state index in [1.807, 2.05) is 0 Å². The molecule has 0 atom stereocenters. The second-order valence-electron chi connectivity index (χ2n) is 2.62. The third-order valence-corrected chi connectivity index (χ3v) is 1.66. The van der Waals surface area contributed by atoms with E-state index < -0.39 is 5.97 Å². The van der Waals surface area contributed by atoms with Gasteiger partial charge in [0, 0.05) is 13.1 Å². The maximum atomic E-state index is 11.2. The van der Waals surface area contributed by atoms with E-state index in [4.69, 9.17) is 0 Å². The van der Waals surface area contributed by atoms with Crippen LogP contribution in [0.3, 0.4) is 0 Å². The second-order valence-corrected chi connectivity index (χ2v) is 2.62. The molecule has 1 heterocycles. The molecule has 0 aromatic rings. The number of hydrogen-bond donors (Lipinski definition) is 2. The van der Waals surface area contributed by atoms with E-state index in [0.29, 0.717) is 13.1 Å². The molecule has 0 aromatic carbocycles. The third-order valence-electron chi connectivity index (χ3n) is 1.66. The van der Waals surface area contributed by atoms with Crippen LogP contribution >= 0.6 is 0 Å². The summed E-state index contributed by atoms with van der Waals surface area (Å²) in [6.07, 6.45) is 2.00. The van der Waals surface area contributed by atoms with Gasteiger partial charge in [-0.25, -0.2) is 4.79 Å². The summed E-state index contributed by atoms with van der Waals surface area (Å²) in [5, 5.41) is 5.49. The van der Waals surface area contributed by atoms with Crippen LogP contribution < -0.4 is 10.6 Å². The zero-order chi connectivity index (χ0) is 9.68. The van der Waals surface area contributed by atoms with Gasteiger partial charge < -0.3 is 15.4 Å². The molecule has 1 rings (SSSR count). The van der Waals surface area contributed by atoms with Gasteiger partial charge in [0.2, 0.25) is 0 Å². The van der Waals surface area contributed by atoms with E-state index in [-0.39, 0.29) is 11.6 Å². The number of carbonyl (C=O) groups is 2. The third kappa shape index (κ3) is 2.77. The Hall–Kier alpha value is -1.52. The average molecular weight is 184 g/mol. The maximum Gasteiger partial charge on any atom is 0.332 e. The van der Waals surface area contributed by atoms with Crippen LogP contribution in [0.15, 0.2) is 11.8 Å². The van der Waals surface area contributed by atoms with Gasteiger partial charge in [0.05, 0.1) is 13.2 Å². The lowest BCUT2D eigenvalue weighted by molar-refractivity contribution is -0.135. The molecule has 13 heavy (non-hydrogen) atoms. The maximum absolute atomic E-state index is 11.2. The molecule has 72 valence electrons. The van der Waals surface area contributed by atoms with Crippen molar-refractivity contribution in [3.8, 4) is 0 Å². The van der Waals surface area contributed by atoms with Crippen molar-refractivity contribution < 1.29 is 14.3 Å². The Balaban J connectivity index is 2.69. The summed E-state index contributed by atoms with van der Waals surface area (Å²) < 4.78 is 4.41. The van der Waals surface area contributed by atoms with Crippen molar-refractivity contribution in [3.05, 3.63) is 11.8 Å². The first-order valence-electron chi connectivity index (χ1n) is 4.06. The highest BCUT2D eigenvalue weighted by Crippen LogP contribution is 1.95. The fourth-order valence-corrected chi connectivity index (χ4v) is 0.982. The normalized spacial score (nSPS) is 20.1. The number of methoxy groups -OCH3 is 1. The molecule has 0 radical (unpaired) electrons. The van der Waals surface area contributed by atoms with E-state index >= 15 is 0 Å². The van der Waals surface area contributed by atoms with Crippen LogP contribution in [-0.4, -0.2) is 32.1 Å². The molecule has 2 N–H and O–H groups in total. The SMILES string of the molecule is COC(=O)/C=C1/NCCCNC1=O. The smallest absolute Gasteiger partial charge is 0.332 e. The van der Waals surface area contributed by atoms with E-state index in [1.54, 1.807) is 0 Å². The van der Waals surface area contributed by atoms with E-state index in [0.717, 1.165) is 12.5 Å². The van der Waals surface area contributed by atoms with Gasteiger partial charge in [0.15, 0.2) is 0 Å². The number of hydrogen-bond acceptors (Lipinski definition) is 4. The molecule has 0 spiro atoms. The lowest BCUT2D eigenvalue weighted by Gasteiger charge is -2.03. The summed E-state index contributed by atoms with van der Waals surface area (Å²) in [5.41, 5.74) is 0.268. The Morgan fingerprint density at radius 2 is 2.15 bits per heavy atom. The minimum absolute atomic E-state index is 0.261. The Kier molecular flexibility index (Phi) is 3.31. The van der Waals surface area contributed by atoms with E-state index in [9.17, 15) is 9.59 Å². The van der Waals surface area contributed by atoms with Crippen LogP contribution in [0.5, 0.6) is 0 Å². The number of ether oxygens (including phenoxy) is 1. The minimum atomic E-state index is -0.528. The van der Waals surface area contributed by atoms with Crippen LogP contribution in [0.4, 0.5) is 0 Å². The monoisotopic (exact) mass is 184 g/mol. The Labute approximate surface area is 76.1 Å². The number of carbonyl (C=O) groups excluding carboxylic acids is 2. The number of amides is 1. The van der Waals surface area contributed by atoms with Crippen LogP contribution in [-0.2, 0) is 14.3 Å². The molecule has 1 amide bonds. The molecule has 0 unspecified atom stereocenters. The van der Waals surface area contributed by atoms with Crippen molar-refractivity contribution in [2.75, 3.05) is 20.2 Å². The summed E-state index contributed by atoms with van der Waals surface area (Å²) in [4.78, 5) is 22.0. The zero-order valence-corrected chi connectivity index (χ0v) is 7.42. The molecule has 5 nitrogen and oxygen atoms in total. The first-order chi connectivity index (χ1) is 6.24. The fourth-order valence-electron chi connectivity index (χ4n) is 0.982. The van der Waals surface area contributed by atoms with Crippen LogP contribution in [0, 0.1) is 0 Å². The Morgan fingerprint density at radius 1 is 1.46 bits per heavy atom. The first kappa shape index (κ1) is 9.57. The summed E-state index contributed by atoms with van der Waals surface area (Å²) >= 11 is 0. The van der Waals surface area contributed by atoms with Crippen molar-refractivity contribution in [1.82, 2.24) is 10.6 Å². The number of rotatable bonds is 1. The van der Waals surface area contributed by atoms with Crippen LogP contribution in [0.25, 0.3) is 0 Å².